The number of rotatable bonds is 7. The molecule has 7 nitrogen and oxygen atoms in total. The van der Waals surface area contributed by atoms with Crippen LogP contribution in [0.15, 0.2) is 77.6 Å². The van der Waals surface area contributed by atoms with Crippen molar-refractivity contribution < 1.29 is 9.59 Å². The summed E-state index contributed by atoms with van der Waals surface area (Å²) in [5, 5.41) is 6.65. The van der Waals surface area contributed by atoms with Gasteiger partial charge in [-0.25, -0.2) is 0 Å². The van der Waals surface area contributed by atoms with Gasteiger partial charge in [-0.15, -0.1) is 11.6 Å². The van der Waals surface area contributed by atoms with Gasteiger partial charge in [0.2, 0.25) is 0 Å². The molecule has 4 aliphatic heterocycles. The number of nitrogens with zero attached hydrogens (tertiary/aromatic N) is 3. The minimum Gasteiger partial charge on any atom is -0.354 e. The van der Waals surface area contributed by atoms with Crippen molar-refractivity contribution in [2.75, 3.05) is 31.5 Å². The third-order valence-corrected chi connectivity index (χ3v) is 9.13. The van der Waals surface area contributed by atoms with E-state index in [0.29, 0.717) is 18.2 Å². The second-order valence-electron chi connectivity index (χ2n) is 11.6. The molecule has 4 heterocycles. The molecule has 0 saturated carbocycles. The predicted octanol–water partition coefficient (Wildman–Crippen LogP) is 6.00. The third kappa shape index (κ3) is 6.37. The Morgan fingerprint density at radius 1 is 1.05 bits per heavy atom. The maximum absolute atomic E-state index is 13.3. The summed E-state index contributed by atoms with van der Waals surface area (Å²) >= 11 is 6.41. The zero-order chi connectivity index (χ0) is 29.1. The summed E-state index contributed by atoms with van der Waals surface area (Å²) in [7, 11) is 0. The Kier molecular flexibility index (Phi) is 8.58. The number of piperidine rings is 2. The first-order valence-corrected chi connectivity index (χ1v) is 15.4. The summed E-state index contributed by atoms with van der Waals surface area (Å²) in [5.74, 6) is 0.0886. The highest BCUT2D eigenvalue weighted by Gasteiger charge is 2.30. The van der Waals surface area contributed by atoms with Gasteiger partial charge in [0.15, 0.2) is 0 Å². The molecule has 2 saturated heterocycles. The Morgan fingerprint density at radius 3 is 2.57 bits per heavy atom. The first-order valence-electron chi connectivity index (χ1n) is 15.0. The second-order valence-corrected chi connectivity index (χ2v) is 12.2. The Morgan fingerprint density at radius 2 is 1.83 bits per heavy atom. The van der Waals surface area contributed by atoms with Crippen LogP contribution < -0.4 is 10.6 Å². The van der Waals surface area contributed by atoms with E-state index in [1.54, 1.807) is 0 Å². The summed E-state index contributed by atoms with van der Waals surface area (Å²) in [6, 6.07) is 14.2. The van der Waals surface area contributed by atoms with Crippen molar-refractivity contribution in [2.45, 2.75) is 57.0 Å². The van der Waals surface area contributed by atoms with Crippen molar-refractivity contribution in [3.05, 3.63) is 94.8 Å². The molecule has 6 rings (SSSR count). The lowest BCUT2D eigenvalue weighted by Gasteiger charge is -2.41. The fourth-order valence-corrected chi connectivity index (χ4v) is 6.62. The molecule has 0 radical (unpaired) electrons. The maximum atomic E-state index is 13.3. The summed E-state index contributed by atoms with van der Waals surface area (Å²) in [6.07, 6.45) is 13.0. The van der Waals surface area contributed by atoms with E-state index in [9.17, 15) is 9.59 Å². The Balaban J connectivity index is 1.10. The molecule has 42 heavy (non-hydrogen) atoms. The van der Waals surface area contributed by atoms with Gasteiger partial charge in [-0.05, 0) is 98.3 Å². The number of anilines is 1. The number of allylic oxidation sites excluding steroid dienone is 5. The molecule has 2 N–H and O–H groups in total. The van der Waals surface area contributed by atoms with Gasteiger partial charge in [-0.2, -0.15) is 0 Å². The minimum atomic E-state index is -0.00756. The van der Waals surface area contributed by atoms with Gasteiger partial charge >= 0.3 is 0 Å². The molecule has 0 aromatic heterocycles. The van der Waals surface area contributed by atoms with Crippen molar-refractivity contribution in [1.82, 2.24) is 15.1 Å². The van der Waals surface area contributed by atoms with Crippen LogP contribution in [0.1, 0.15) is 70.9 Å². The SMILES string of the molecule is C/C(=C\C=C(\Nc1ccc(C(=O)N2CCC(N3CCCC(Cl)C3)CC2)cc1)C1=NC=CC1)c1ccc2c(c1)CNC2=O. The monoisotopic (exact) mass is 583 g/mol. The van der Waals surface area contributed by atoms with Crippen LogP contribution in [0, 0.1) is 0 Å². The van der Waals surface area contributed by atoms with E-state index in [-0.39, 0.29) is 17.2 Å². The van der Waals surface area contributed by atoms with Crippen molar-refractivity contribution in [3.63, 3.8) is 0 Å². The molecule has 218 valence electrons. The largest absolute Gasteiger partial charge is 0.354 e. The molecule has 0 bridgehead atoms. The molecule has 0 aliphatic carbocycles. The molecule has 1 unspecified atom stereocenters. The number of carbonyl (C=O) groups is 2. The topological polar surface area (TPSA) is 77.0 Å². The van der Waals surface area contributed by atoms with Gasteiger partial charge in [-0.1, -0.05) is 18.2 Å². The van der Waals surface area contributed by atoms with Crippen molar-refractivity contribution >= 4 is 40.4 Å². The van der Waals surface area contributed by atoms with Crippen molar-refractivity contribution in [3.8, 4) is 0 Å². The van der Waals surface area contributed by atoms with E-state index in [1.165, 1.54) is 6.42 Å². The standard InChI is InChI=1S/C34H38ClN5O2/c1-23(25-9-12-30-26(20-25)21-37-33(30)41)6-13-32(31-5-2-16-36-31)38-28-10-7-24(8-11-28)34(42)39-18-14-29(15-19-39)40-17-3-4-27(35)22-40/h2,6-13,16,20,27,29,38H,3-5,14-15,17-19,21-22H2,1H3,(H,37,41)/b23-6+,32-13+. The number of benzene rings is 2. The number of hydrogen-bond donors (Lipinski definition) is 2. The van der Waals surface area contributed by atoms with Gasteiger partial charge in [0.1, 0.15) is 0 Å². The number of alkyl halides is 1. The lowest BCUT2D eigenvalue weighted by atomic mass is 9.99. The summed E-state index contributed by atoms with van der Waals surface area (Å²) in [5.41, 5.74) is 7.44. The maximum Gasteiger partial charge on any atom is 0.253 e. The van der Waals surface area contributed by atoms with E-state index in [4.69, 9.17) is 11.6 Å². The average Bonchev–Trinajstić information content (AvgIpc) is 3.69. The first kappa shape index (κ1) is 28.4. The average molecular weight is 584 g/mol. The van der Waals surface area contributed by atoms with E-state index in [2.05, 4.69) is 45.7 Å². The number of amides is 2. The highest BCUT2D eigenvalue weighted by atomic mass is 35.5. The number of hydrogen-bond acceptors (Lipinski definition) is 5. The van der Waals surface area contributed by atoms with E-state index >= 15 is 0 Å². The number of nitrogens with one attached hydrogen (secondary N) is 2. The van der Waals surface area contributed by atoms with Crippen LogP contribution >= 0.6 is 11.6 Å². The second kappa shape index (κ2) is 12.7. The molecule has 2 aromatic carbocycles. The smallest absolute Gasteiger partial charge is 0.253 e. The van der Waals surface area contributed by atoms with Crippen LogP contribution in [0.3, 0.4) is 0 Å². The molecular weight excluding hydrogens is 546 g/mol. The molecule has 2 fully saturated rings. The van der Waals surface area contributed by atoms with Crippen LogP contribution in [0.4, 0.5) is 5.69 Å². The highest BCUT2D eigenvalue weighted by molar-refractivity contribution is 6.20. The fourth-order valence-electron chi connectivity index (χ4n) is 6.28. The first-order chi connectivity index (χ1) is 20.4. The van der Waals surface area contributed by atoms with Crippen LogP contribution in [-0.4, -0.2) is 64.9 Å². The molecule has 0 spiro atoms. The quantitative estimate of drug-likeness (QED) is 0.310. The zero-order valence-corrected chi connectivity index (χ0v) is 24.9. The molecule has 2 aromatic rings. The van der Waals surface area contributed by atoms with Gasteiger partial charge in [-0.3, -0.25) is 19.5 Å². The number of halogens is 1. The summed E-state index contributed by atoms with van der Waals surface area (Å²) in [6.45, 7) is 6.31. The van der Waals surface area contributed by atoms with Crippen molar-refractivity contribution in [2.24, 2.45) is 4.99 Å². The number of aliphatic imine (C=N–C) groups is 1. The minimum absolute atomic E-state index is 0.00756. The van der Waals surface area contributed by atoms with Gasteiger partial charge in [0, 0.05) is 67.0 Å². The van der Waals surface area contributed by atoms with Gasteiger partial charge in [0.25, 0.3) is 11.8 Å². The predicted molar refractivity (Wildman–Crippen MR) is 170 cm³/mol. The number of likely N-dealkylation sites (tertiary alicyclic amines) is 2. The Bertz CT molecular complexity index is 1470. The van der Waals surface area contributed by atoms with Crippen LogP contribution in [0.5, 0.6) is 0 Å². The Hall–Kier alpha value is -3.68. The molecular formula is C34H38ClN5O2. The van der Waals surface area contributed by atoms with Crippen LogP contribution in [-0.2, 0) is 6.54 Å². The molecule has 2 amide bonds. The molecule has 4 aliphatic rings. The zero-order valence-electron chi connectivity index (χ0n) is 24.1. The van der Waals surface area contributed by atoms with Gasteiger partial charge < -0.3 is 15.5 Å². The van der Waals surface area contributed by atoms with E-state index in [1.807, 2.05) is 53.6 Å². The third-order valence-electron chi connectivity index (χ3n) is 8.78. The van der Waals surface area contributed by atoms with Crippen molar-refractivity contribution in [1.29, 1.82) is 0 Å². The van der Waals surface area contributed by atoms with E-state index in [0.717, 1.165) is 91.2 Å². The lowest BCUT2D eigenvalue weighted by Crippen LogP contribution is -2.49. The lowest BCUT2D eigenvalue weighted by molar-refractivity contribution is 0.0592. The molecule has 1 atom stereocenters. The summed E-state index contributed by atoms with van der Waals surface area (Å²) < 4.78 is 0. The van der Waals surface area contributed by atoms with E-state index < -0.39 is 0 Å². The van der Waals surface area contributed by atoms with Crippen LogP contribution in [0.25, 0.3) is 5.57 Å². The fraction of sp³-hybridized carbons (Fsp3) is 0.382. The Labute approximate surface area is 253 Å². The number of carbonyl (C=O) groups excluding carboxylic acids is 2. The highest BCUT2D eigenvalue weighted by Crippen LogP contribution is 2.26. The molecule has 8 heteroatoms. The van der Waals surface area contributed by atoms with Gasteiger partial charge in [0.05, 0.1) is 11.4 Å². The normalized spacial score (nSPS) is 21.8. The number of fused-ring (bicyclic) bond motifs is 1. The summed E-state index contributed by atoms with van der Waals surface area (Å²) in [4.78, 5) is 34.3. The van der Waals surface area contributed by atoms with Crippen LogP contribution in [0.2, 0.25) is 0 Å².